The normalized spacial score (nSPS) is 12.5. The van der Waals surface area contributed by atoms with Gasteiger partial charge < -0.3 is 9.54 Å². The number of H-pyrrole nitrogens is 1. The maximum atomic E-state index is 12.4. The van der Waals surface area contributed by atoms with Crippen LogP contribution in [0.1, 0.15) is 10.5 Å². The monoisotopic (exact) mass is 332 g/mol. The summed E-state index contributed by atoms with van der Waals surface area (Å²) in [6.45, 7) is 0. The fourth-order valence-electron chi connectivity index (χ4n) is 2.41. The van der Waals surface area contributed by atoms with Crippen LogP contribution in [-0.4, -0.2) is 32.3 Å². The van der Waals surface area contributed by atoms with Gasteiger partial charge in [-0.1, -0.05) is 23.7 Å². The van der Waals surface area contributed by atoms with E-state index in [-0.39, 0.29) is 11.5 Å². The van der Waals surface area contributed by atoms with Crippen molar-refractivity contribution in [3.8, 4) is 11.3 Å². The molecule has 0 saturated heterocycles. The van der Waals surface area contributed by atoms with Crippen LogP contribution in [0.3, 0.4) is 0 Å². The van der Waals surface area contributed by atoms with Crippen molar-refractivity contribution < 1.29 is 9.35 Å². The number of nitrogens with zero attached hydrogens (tertiary/aromatic N) is 1. The van der Waals surface area contributed by atoms with Crippen molar-refractivity contribution in [3.63, 3.8) is 0 Å². The minimum Gasteiger partial charge on any atom is -0.616 e. The Kier molecular flexibility index (Phi) is 4.20. The second-order valence-electron chi connectivity index (χ2n) is 4.92. The van der Waals surface area contributed by atoms with E-state index in [2.05, 4.69) is 9.97 Å². The number of aromatic amines is 1. The summed E-state index contributed by atoms with van der Waals surface area (Å²) in [5.74, 6) is -0.228. The third-order valence-electron chi connectivity index (χ3n) is 3.29. The first kappa shape index (κ1) is 15.1. The molecule has 22 heavy (non-hydrogen) atoms. The minimum atomic E-state index is -1.20. The standard InChI is InChI=1S/C16H13ClN2O2S/c1-22(21)9-14(20)16-15(12-4-2-3-7-18-12)11-6-5-10(17)8-13(11)19-16/h2-8,19H,9H2,1H3. The van der Waals surface area contributed by atoms with E-state index < -0.39 is 11.2 Å². The number of hydrogen-bond donors (Lipinski definition) is 1. The largest absolute Gasteiger partial charge is 0.616 e. The van der Waals surface area contributed by atoms with Crippen molar-refractivity contribution >= 4 is 39.5 Å². The van der Waals surface area contributed by atoms with Gasteiger partial charge in [0.2, 0.25) is 5.78 Å². The number of aromatic nitrogens is 2. The van der Waals surface area contributed by atoms with Crippen LogP contribution in [0.4, 0.5) is 0 Å². The molecule has 0 radical (unpaired) electrons. The Labute approximate surface area is 135 Å². The van der Waals surface area contributed by atoms with Gasteiger partial charge in [0.05, 0.1) is 17.6 Å². The van der Waals surface area contributed by atoms with Crippen LogP contribution in [-0.2, 0) is 11.2 Å². The molecule has 0 aliphatic carbocycles. The molecule has 1 atom stereocenters. The average Bonchev–Trinajstić information content (AvgIpc) is 2.86. The second kappa shape index (κ2) is 6.12. The number of nitrogens with one attached hydrogen (secondary N) is 1. The van der Waals surface area contributed by atoms with E-state index in [1.54, 1.807) is 18.3 Å². The van der Waals surface area contributed by atoms with Gasteiger partial charge in [-0.2, -0.15) is 0 Å². The highest BCUT2D eigenvalue weighted by Gasteiger charge is 2.22. The van der Waals surface area contributed by atoms with E-state index >= 15 is 0 Å². The van der Waals surface area contributed by atoms with Gasteiger partial charge in [-0.15, -0.1) is 0 Å². The Balaban J connectivity index is 2.24. The Morgan fingerprint density at radius 3 is 2.86 bits per heavy atom. The highest BCUT2D eigenvalue weighted by Crippen LogP contribution is 2.33. The van der Waals surface area contributed by atoms with Gasteiger partial charge in [0.1, 0.15) is 0 Å². The SMILES string of the molecule is C[S+]([O-])CC(=O)c1[nH]c2cc(Cl)ccc2c1-c1ccccn1. The lowest BCUT2D eigenvalue weighted by molar-refractivity contribution is 0.101. The van der Waals surface area contributed by atoms with Crippen molar-refractivity contribution in [2.24, 2.45) is 0 Å². The molecule has 0 aliphatic heterocycles. The number of fused-ring (bicyclic) bond motifs is 1. The lowest BCUT2D eigenvalue weighted by atomic mass is 10.1. The molecule has 2 aromatic heterocycles. The smallest absolute Gasteiger partial charge is 0.228 e. The number of Topliss-reactive ketones (excluding diaryl/α,β-unsaturated/α-hetero) is 1. The number of hydrogen-bond acceptors (Lipinski definition) is 3. The maximum absolute atomic E-state index is 12.4. The van der Waals surface area contributed by atoms with Crippen LogP contribution in [0.5, 0.6) is 0 Å². The molecule has 0 spiro atoms. The summed E-state index contributed by atoms with van der Waals surface area (Å²) < 4.78 is 11.4. The van der Waals surface area contributed by atoms with Gasteiger partial charge in [0, 0.05) is 27.7 Å². The molecule has 112 valence electrons. The van der Waals surface area contributed by atoms with Crippen LogP contribution in [0.25, 0.3) is 22.2 Å². The third-order valence-corrected chi connectivity index (χ3v) is 4.20. The fraction of sp³-hybridized carbons (Fsp3) is 0.125. The predicted molar refractivity (Wildman–Crippen MR) is 89.8 cm³/mol. The number of carbonyl (C=O) groups is 1. The van der Waals surface area contributed by atoms with Crippen molar-refractivity contribution in [2.45, 2.75) is 0 Å². The quantitative estimate of drug-likeness (QED) is 0.587. The first-order valence-electron chi connectivity index (χ1n) is 6.62. The number of halogens is 1. The van der Waals surface area contributed by atoms with E-state index in [0.717, 1.165) is 16.5 Å². The number of rotatable bonds is 4. The van der Waals surface area contributed by atoms with Gasteiger partial charge in [-0.3, -0.25) is 9.78 Å². The molecule has 1 aromatic carbocycles. The first-order chi connectivity index (χ1) is 10.6. The van der Waals surface area contributed by atoms with E-state index in [0.29, 0.717) is 16.4 Å². The first-order valence-corrected chi connectivity index (χ1v) is 8.72. The molecule has 1 unspecified atom stereocenters. The Bertz CT molecular complexity index is 831. The Morgan fingerprint density at radius 2 is 2.18 bits per heavy atom. The molecule has 3 aromatic rings. The zero-order valence-corrected chi connectivity index (χ0v) is 13.4. The fourth-order valence-corrected chi connectivity index (χ4v) is 3.10. The van der Waals surface area contributed by atoms with E-state index in [1.165, 1.54) is 6.26 Å². The van der Waals surface area contributed by atoms with Crippen LogP contribution < -0.4 is 0 Å². The van der Waals surface area contributed by atoms with Crippen LogP contribution >= 0.6 is 11.6 Å². The predicted octanol–water partition coefficient (Wildman–Crippen LogP) is 3.44. The summed E-state index contributed by atoms with van der Waals surface area (Å²) in [5, 5.41) is 1.45. The lowest BCUT2D eigenvalue weighted by Gasteiger charge is -2.05. The van der Waals surface area contributed by atoms with Gasteiger partial charge in [0.25, 0.3) is 0 Å². The molecule has 6 heteroatoms. The lowest BCUT2D eigenvalue weighted by Crippen LogP contribution is -2.15. The molecule has 4 nitrogen and oxygen atoms in total. The number of ketones is 1. The maximum Gasteiger partial charge on any atom is 0.228 e. The van der Waals surface area contributed by atoms with E-state index in [9.17, 15) is 9.35 Å². The van der Waals surface area contributed by atoms with Gasteiger partial charge in [0.15, 0.2) is 5.75 Å². The van der Waals surface area contributed by atoms with Crippen molar-refractivity contribution in [1.82, 2.24) is 9.97 Å². The van der Waals surface area contributed by atoms with Crippen LogP contribution in [0, 0.1) is 0 Å². The number of benzene rings is 1. The van der Waals surface area contributed by atoms with Crippen LogP contribution in [0.2, 0.25) is 5.02 Å². The minimum absolute atomic E-state index is 0.0274. The molecule has 0 saturated carbocycles. The summed E-state index contributed by atoms with van der Waals surface area (Å²) in [6, 6.07) is 10.9. The summed E-state index contributed by atoms with van der Waals surface area (Å²) >= 11 is 4.82. The molecule has 1 N–H and O–H groups in total. The van der Waals surface area contributed by atoms with Gasteiger partial charge in [-0.25, -0.2) is 0 Å². The summed E-state index contributed by atoms with van der Waals surface area (Å²) in [4.78, 5) is 19.9. The second-order valence-corrected chi connectivity index (χ2v) is 6.79. The molecule has 0 aliphatic rings. The van der Waals surface area contributed by atoms with Crippen molar-refractivity contribution in [3.05, 3.63) is 53.3 Å². The topological polar surface area (TPSA) is 68.8 Å². The highest BCUT2D eigenvalue weighted by atomic mass is 35.5. The molecule has 2 heterocycles. The summed E-state index contributed by atoms with van der Waals surface area (Å²) in [5.41, 5.74) is 2.61. The highest BCUT2D eigenvalue weighted by molar-refractivity contribution is 7.91. The number of pyridine rings is 1. The summed E-state index contributed by atoms with van der Waals surface area (Å²) in [6.07, 6.45) is 3.19. The molecular weight excluding hydrogens is 320 g/mol. The molecule has 0 bridgehead atoms. The molecule has 0 amide bonds. The zero-order chi connectivity index (χ0) is 15.7. The van der Waals surface area contributed by atoms with Crippen molar-refractivity contribution in [1.29, 1.82) is 0 Å². The third kappa shape index (κ3) is 2.88. The van der Waals surface area contributed by atoms with E-state index in [1.807, 2.05) is 24.3 Å². The Morgan fingerprint density at radius 1 is 1.36 bits per heavy atom. The zero-order valence-electron chi connectivity index (χ0n) is 11.8. The molecule has 3 rings (SSSR count). The summed E-state index contributed by atoms with van der Waals surface area (Å²) in [7, 11) is 0. The average molecular weight is 333 g/mol. The number of carbonyl (C=O) groups excluding carboxylic acids is 1. The molecule has 0 fully saturated rings. The Hall–Kier alpha value is -1.82. The van der Waals surface area contributed by atoms with Gasteiger partial charge in [-0.05, 0) is 35.4 Å². The molecular formula is C16H13ClN2O2S. The van der Waals surface area contributed by atoms with Gasteiger partial charge >= 0.3 is 0 Å². The van der Waals surface area contributed by atoms with Crippen molar-refractivity contribution in [2.75, 3.05) is 12.0 Å². The van der Waals surface area contributed by atoms with Crippen LogP contribution in [0.15, 0.2) is 42.6 Å². The van der Waals surface area contributed by atoms with E-state index in [4.69, 9.17) is 11.6 Å².